The fourth-order valence-electron chi connectivity index (χ4n) is 2.09. The second-order valence-corrected chi connectivity index (χ2v) is 4.08. The molecular formula is C10H15NO4. The lowest BCUT2D eigenvalue weighted by Gasteiger charge is -2.24. The first-order valence-corrected chi connectivity index (χ1v) is 5.19. The van der Waals surface area contributed by atoms with Crippen LogP contribution in [0.5, 0.6) is 0 Å². The Hall–Kier alpha value is -1.26. The summed E-state index contributed by atoms with van der Waals surface area (Å²) in [6.07, 6.45) is 3.02. The highest BCUT2D eigenvalue weighted by Gasteiger charge is 2.35. The second-order valence-electron chi connectivity index (χ2n) is 4.08. The van der Waals surface area contributed by atoms with Gasteiger partial charge in [0, 0.05) is 30.6 Å². The maximum absolute atomic E-state index is 11.2. The molecule has 2 unspecified atom stereocenters. The molecular weight excluding hydrogens is 198 g/mol. The Balaban J connectivity index is 2.61. The molecule has 15 heavy (non-hydrogen) atoms. The topological polar surface area (TPSA) is 77.3 Å². The Labute approximate surface area is 88.0 Å². The third-order valence-corrected chi connectivity index (χ3v) is 2.98. The molecule has 0 amide bonds. The van der Waals surface area contributed by atoms with Gasteiger partial charge in [-0.05, 0) is 12.8 Å². The number of Topliss-reactive ketones (excluding diaryl/α,β-unsaturated/α-hetero) is 2. The SMILES string of the molecule is CC(=O)C(=O)CC1CCCCC1[N+](=O)[O-]. The van der Waals surface area contributed by atoms with Crippen LogP contribution in [0.15, 0.2) is 0 Å². The molecule has 0 aromatic rings. The standard InChI is InChI=1S/C10H15NO4/c1-7(12)10(13)6-8-4-2-3-5-9(8)11(14)15/h8-9H,2-6H2,1H3. The molecule has 0 saturated heterocycles. The summed E-state index contributed by atoms with van der Waals surface area (Å²) >= 11 is 0. The number of carbonyl (C=O) groups is 2. The van der Waals surface area contributed by atoms with Gasteiger partial charge in [-0.15, -0.1) is 0 Å². The molecule has 1 fully saturated rings. The van der Waals surface area contributed by atoms with Crippen LogP contribution in [0, 0.1) is 16.0 Å². The molecule has 1 saturated carbocycles. The van der Waals surface area contributed by atoms with Crippen LogP contribution in [0.4, 0.5) is 0 Å². The van der Waals surface area contributed by atoms with Crippen molar-refractivity contribution in [3.63, 3.8) is 0 Å². The van der Waals surface area contributed by atoms with E-state index in [0.29, 0.717) is 12.8 Å². The molecule has 5 nitrogen and oxygen atoms in total. The molecule has 84 valence electrons. The lowest BCUT2D eigenvalue weighted by molar-refractivity contribution is -0.535. The average Bonchev–Trinajstić information content (AvgIpc) is 2.18. The number of ketones is 2. The molecule has 0 bridgehead atoms. The lowest BCUT2D eigenvalue weighted by Crippen LogP contribution is -2.34. The van der Waals surface area contributed by atoms with E-state index in [1.165, 1.54) is 6.92 Å². The van der Waals surface area contributed by atoms with Crippen LogP contribution in [0.2, 0.25) is 0 Å². The van der Waals surface area contributed by atoms with Gasteiger partial charge in [-0.25, -0.2) is 0 Å². The Morgan fingerprint density at radius 2 is 1.93 bits per heavy atom. The molecule has 1 aliphatic rings. The van der Waals surface area contributed by atoms with Crippen molar-refractivity contribution in [2.75, 3.05) is 0 Å². The lowest BCUT2D eigenvalue weighted by atomic mass is 9.81. The van der Waals surface area contributed by atoms with Gasteiger partial charge in [0.2, 0.25) is 6.04 Å². The van der Waals surface area contributed by atoms with Crippen LogP contribution in [0.1, 0.15) is 39.0 Å². The zero-order valence-corrected chi connectivity index (χ0v) is 8.77. The number of hydrogen-bond donors (Lipinski definition) is 0. The van der Waals surface area contributed by atoms with Crippen molar-refractivity contribution < 1.29 is 14.5 Å². The summed E-state index contributed by atoms with van der Waals surface area (Å²) in [6, 6.07) is -0.637. The minimum Gasteiger partial charge on any atom is -0.291 e. The number of rotatable bonds is 4. The van der Waals surface area contributed by atoms with Crippen molar-refractivity contribution >= 4 is 11.6 Å². The van der Waals surface area contributed by atoms with E-state index in [9.17, 15) is 19.7 Å². The van der Waals surface area contributed by atoms with E-state index >= 15 is 0 Å². The molecule has 2 atom stereocenters. The van der Waals surface area contributed by atoms with Crippen LogP contribution in [0.25, 0.3) is 0 Å². The first-order valence-electron chi connectivity index (χ1n) is 5.19. The van der Waals surface area contributed by atoms with E-state index in [0.717, 1.165) is 12.8 Å². The number of nitro groups is 1. The fraction of sp³-hybridized carbons (Fsp3) is 0.800. The molecule has 1 rings (SSSR count). The molecule has 0 aromatic carbocycles. The summed E-state index contributed by atoms with van der Waals surface area (Å²) in [6.45, 7) is 1.21. The summed E-state index contributed by atoms with van der Waals surface area (Å²) in [5.41, 5.74) is 0. The Morgan fingerprint density at radius 3 is 2.47 bits per heavy atom. The van der Waals surface area contributed by atoms with Crippen LogP contribution < -0.4 is 0 Å². The third kappa shape index (κ3) is 3.11. The Bertz CT molecular complexity index is 287. The predicted octanol–water partition coefficient (Wildman–Crippen LogP) is 1.37. The van der Waals surface area contributed by atoms with Gasteiger partial charge < -0.3 is 0 Å². The maximum Gasteiger partial charge on any atom is 0.216 e. The van der Waals surface area contributed by atoms with Gasteiger partial charge in [0.1, 0.15) is 0 Å². The summed E-state index contributed by atoms with van der Waals surface area (Å²) in [5, 5.41) is 10.7. The monoisotopic (exact) mass is 213 g/mol. The second kappa shape index (κ2) is 5.00. The van der Waals surface area contributed by atoms with Crippen molar-refractivity contribution in [2.45, 2.75) is 45.1 Å². The smallest absolute Gasteiger partial charge is 0.216 e. The van der Waals surface area contributed by atoms with Crippen molar-refractivity contribution in [1.29, 1.82) is 0 Å². The van der Waals surface area contributed by atoms with Gasteiger partial charge in [0.15, 0.2) is 11.6 Å². The largest absolute Gasteiger partial charge is 0.291 e. The van der Waals surface area contributed by atoms with Crippen molar-refractivity contribution in [1.82, 2.24) is 0 Å². The first kappa shape index (κ1) is 11.8. The van der Waals surface area contributed by atoms with E-state index in [1.54, 1.807) is 0 Å². The van der Waals surface area contributed by atoms with Crippen LogP contribution in [0.3, 0.4) is 0 Å². The third-order valence-electron chi connectivity index (χ3n) is 2.98. The van der Waals surface area contributed by atoms with Gasteiger partial charge in [-0.3, -0.25) is 19.7 Å². The molecule has 1 aliphatic carbocycles. The van der Waals surface area contributed by atoms with E-state index in [1.807, 2.05) is 0 Å². The zero-order chi connectivity index (χ0) is 11.4. The summed E-state index contributed by atoms with van der Waals surface area (Å²) < 4.78 is 0. The maximum atomic E-state index is 11.2. The number of hydrogen-bond acceptors (Lipinski definition) is 4. The van der Waals surface area contributed by atoms with Crippen molar-refractivity contribution in [2.24, 2.45) is 5.92 Å². The molecule has 0 aliphatic heterocycles. The normalized spacial score (nSPS) is 25.9. The minimum atomic E-state index is -0.637. The zero-order valence-electron chi connectivity index (χ0n) is 8.77. The van der Waals surface area contributed by atoms with Gasteiger partial charge in [0.05, 0.1) is 0 Å². The molecule has 0 N–H and O–H groups in total. The minimum absolute atomic E-state index is 0.0426. The predicted molar refractivity (Wildman–Crippen MR) is 53.0 cm³/mol. The Morgan fingerprint density at radius 1 is 1.33 bits per heavy atom. The molecule has 0 spiro atoms. The molecule has 5 heteroatoms. The van der Waals surface area contributed by atoms with Gasteiger partial charge in [-0.1, -0.05) is 6.42 Å². The molecule has 0 radical (unpaired) electrons. The molecule has 0 heterocycles. The van der Waals surface area contributed by atoms with E-state index in [-0.39, 0.29) is 17.3 Å². The average molecular weight is 213 g/mol. The molecule has 0 aromatic heterocycles. The summed E-state index contributed by atoms with van der Waals surface area (Å²) in [7, 11) is 0. The highest BCUT2D eigenvalue weighted by molar-refractivity contribution is 6.36. The first-order chi connectivity index (χ1) is 7.02. The highest BCUT2D eigenvalue weighted by atomic mass is 16.6. The van der Waals surface area contributed by atoms with Crippen molar-refractivity contribution in [3.05, 3.63) is 10.1 Å². The number of nitrogens with zero attached hydrogens (tertiary/aromatic N) is 1. The van der Waals surface area contributed by atoms with Gasteiger partial charge in [0.25, 0.3) is 0 Å². The van der Waals surface area contributed by atoms with Gasteiger partial charge in [-0.2, -0.15) is 0 Å². The van der Waals surface area contributed by atoms with Crippen molar-refractivity contribution in [3.8, 4) is 0 Å². The quantitative estimate of drug-likeness (QED) is 0.401. The number of carbonyl (C=O) groups excluding carboxylic acids is 2. The van der Waals surface area contributed by atoms with Gasteiger partial charge >= 0.3 is 0 Å². The van der Waals surface area contributed by atoms with E-state index in [4.69, 9.17) is 0 Å². The van der Waals surface area contributed by atoms with Crippen LogP contribution in [-0.2, 0) is 9.59 Å². The van der Waals surface area contributed by atoms with Crippen LogP contribution in [-0.4, -0.2) is 22.5 Å². The fourth-order valence-corrected chi connectivity index (χ4v) is 2.09. The highest BCUT2D eigenvalue weighted by Crippen LogP contribution is 2.29. The van der Waals surface area contributed by atoms with E-state index < -0.39 is 17.6 Å². The summed E-state index contributed by atoms with van der Waals surface area (Å²) in [4.78, 5) is 32.4. The Kier molecular flexibility index (Phi) is 3.94. The summed E-state index contributed by atoms with van der Waals surface area (Å²) in [5.74, 6) is -1.22. The van der Waals surface area contributed by atoms with Crippen LogP contribution >= 0.6 is 0 Å². The van der Waals surface area contributed by atoms with E-state index in [2.05, 4.69) is 0 Å².